The minimum atomic E-state index is -0.623. The number of aliphatic carboxylic acids is 1. The second kappa shape index (κ2) is 5.93. The molecule has 0 spiro atoms. The lowest BCUT2D eigenvalue weighted by Gasteiger charge is -2.29. The largest absolute Gasteiger partial charge is 0.481 e. The van der Waals surface area contributed by atoms with Crippen LogP contribution in [-0.4, -0.2) is 60.9 Å². The Morgan fingerprint density at radius 3 is 3.00 bits per heavy atom. The van der Waals surface area contributed by atoms with Crippen molar-refractivity contribution in [2.75, 3.05) is 40.0 Å². The third-order valence-electron chi connectivity index (χ3n) is 5.71. The molecule has 0 aromatic heterocycles. The Kier molecular flexibility index (Phi) is 3.89. The van der Waals surface area contributed by atoms with E-state index < -0.39 is 11.4 Å². The summed E-state index contributed by atoms with van der Waals surface area (Å²) >= 11 is 0. The van der Waals surface area contributed by atoms with Crippen molar-refractivity contribution in [1.82, 2.24) is 9.80 Å². The van der Waals surface area contributed by atoms with E-state index in [1.165, 1.54) is 5.56 Å². The molecule has 24 heavy (non-hydrogen) atoms. The topological polar surface area (TPSA) is 62.2 Å². The summed E-state index contributed by atoms with van der Waals surface area (Å²) in [6.07, 6.45) is 1.70. The summed E-state index contributed by atoms with van der Waals surface area (Å²) in [5, 5.41) is 9.85. The van der Waals surface area contributed by atoms with Gasteiger partial charge in [-0.15, -0.1) is 0 Å². The van der Waals surface area contributed by atoms with Gasteiger partial charge in [0.1, 0.15) is 0 Å². The van der Waals surface area contributed by atoms with Crippen LogP contribution in [0, 0.1) is 11.3 Å². The zero-order chi connectivity index (χ0) is 16.7. The maximum Gasteiger partial charge on any atom is 0.311 e. The summed E-state index contributed by atoms with van der Waals surface area (Å²) in [7, 11) is 2.03. The molecule has 2 fully saturated rings. The summed E-state index contributed by atoms with van der Waals surface area (Å²) in [5.74, 6) is 1.18. The molecule has 3 aliphatic rings. The highest BCUT2D eigenvalue weighted by molar-refractivity contribution is 5.76. The minimum absolute atomic E-state index is 0.191. The highest BCUT2D eigenvalue weighted by atomic mass is 16.7. The molecule has 130 valence electrons. The third-order valence-corrected chi connectivity index (χ3v) is 5.71. The van der Waals surface area contributed by atoms with Crippen LogP contribution in [0.4, 0.5) is 0 Å². The van der Waals surface area contributed by atoms with Crippen LogP contribution < -0.4 is 9.47 Å². The molecule has 0 radical (unpaired) electrons. The lowest BCUT2D eigenvalue weighted by Crippen LogP contribution is -2.41. The maximum absolute atomic E-state index is 12.0. The number of fused-ring (bicyclic) bond motifs is 2. The molecular formula is C18H24N2O4. The molecule has 0 bridgehead atoms. The van der Waals surface area contributed by atoms with Crippen LogP contribution in [0.5, 0.6) is 11.5 Å². The average Bonchev–Trinajstić information content (AvgIpc) is 3.07. The van der Waals surface area contributed by atoms with Crippen LogP contribution in [0.1, 0.15) is 18.4 Å². The predicted molar refractivity (Wildman–Crippen MR) is 88.1 cm³/mol. The number of carboxylic acids is 1. The zero-order valence-electron chi connectivity index (χ0n) is 14.0. The quantitative estimate of drug-likeness (QED) is 0.908. The van der Waals surface area contributed by atoms with Gasteiger partial charge in [-0.05, 0) is 44.1 Å². The first-order valence-corrected chi connectivity index (χ1v) is 8.60. The molecule has 0 aliphatic carbocycles. The van der Waals surface area contributed by atoms with Gasteiger partial charge in [0, 0.05) is 32.1 Å². The molecule has 1 aromatic rings. The smallest absolute Gasteiger partial charge is 0.311 e. The van der Waals surface area contributed by atoms with Crippen LogP contribution >= 0.6 is 0 Å². The number of ether oxygens (including phenoxy) is 2. The van der Waals surface area contributed by atoms with Crippen molar-refractivity contribution in [3.63, 3.8) is 0 Å². The van der Waals surface area contributed by atoms with Crippen LogP contribution in [0.15, 0.2) is 18.2 Å². The van der Waals surface area contributed by atoms with Gasteiger partial charge in [-0.2, -0.15) is 0 Å². The maximum atomic E-state index is 12.0. The van der Waals surface area contributed by atoms with Gasteiger partial charge < -0.3 is 19.5 Å². The van der Waals surface area contributed by atoms with E-state index in [0.29, 0.717) is 6.54 Å². The van der Waals surface area contributed by atoms with Gasteiger partial charge in [-0.25, -0.2) is 0 Å². The molecule has 6 nitrogen and oxygen atoms in total. The molecule has 1 N–H and O–H groups in total. The second-order valence-electron chi connectivity index (χ2n) is 7.38. The molecule has 3 aliphatic heterocycles. The molecular weight excluding hydrogens is 308 g/mol. The van der Waals surface area contributed by atoms with Gasteiger partial charge >= 0.3 is 5.97 Å². The summed E-state index contributed by atoms with van der Waals surface area (Å²) in [4.78, 5) is 16.5. The number of likely N-dealkylation sites (tertiary alicyclic amines) is 2. The molecule has 2 saturated heterocycles. The Hall–Kier alpha value is -1.79. The number of carboxylic acid groups (broad SMARTS) is 1. The van der Waals surface area contributed by atoms with Crippen LogP contribution in [0.2, 0.25) is 0 Å². The molecule has 6 heteroatoms. The number of carbonyl (C=O) groups is 1. The Morgan fingerprint density at radius 2 is 2.17 bits per heavy atom. The minimum Gasteiger partial charge on any atom is -0.481 e. The monoisotopic (exact) mass is 332 g/mol. The summed E-state index contributed by atoms with van der Waals surface area (Å²) in [5.41, 5.74) is 0.617. The molecule has 1 aromatic carbocycles. The molecule has 0 saturated carbocycles. The summed E-state index contributed by atoms with van der Waals surface area (Å²) < 4.78 is 10.8. The van der Waals surface area contributed by atoms with E-state index >= 15 is 0 Å². The fourth-order valence-electron chi connectivity index (χ4n) is 4.55. The van der Waals surface area contributed by atoms with Gasteiger partial charge in [0.05, 0.1) is 5.41 Å². The van der Waals surface area contributed by atoms with Crippen LogP contribution in [-0.2, 0) is 11.3 Å². The van der Waals surface area contributed by atoms with E-state index in [-0.39, 0.29) is 12.7 Å². The number of hydrogen-bond donors (Lipinski definition) is 1. The molecule has 3 heterocycles. The van der Waals surface area contributed by atoms with Crippen molar-refractivity contribution in [2.45, 2.75) is 19.4 Å². The first-order chi connectivity index (χ1) is 11.6. The lowest BCUT2D eigenvalue weighted by molar-refractivity contribution is -0.150. The average molecular weight is 332 g/mol. The molecule has 0 unspecified atom stereocenters. The van der Waals surface area contributed by atoms with E-state index in [0.717, 1.165) is 50.5 Å². The van der Waals surface area contributed by atoms with Crippen molar-refractivity contribution in [3.8, 4) is 11.5 Å². The first-order valence-electron chi connectivity index (χ1n) is 8.60. The normalized spacial score (nSPS) is 30.1. The Balaban J connectivity index is 1.50. The second-order valence-corrected chi connectivity index (χ2v) is 7.38. The van der Waals surface area contributed by atoms with E-state index in [2.05, 4.69) is 15.9 Å². The fraction of sp³-hybridized carbons (Fsp3) is 0.611. The number of hydrogen-bond acceptors (Lipinski definition) is 5. The predicted octanol–water partition coefficient (Wildman–Crippen LogP) is 1.64. The van der Waals surface area contributed by atoms with E-state index in [1.807, 2.05) is 19.2 Å². The van der Waals surface area contributed by atoms with Crippen molar-refractivity contribution in [2.24, 2.45) is 11.3 Å². The van der Waals surface area contributed by atoms with Gasteiger partial charge in [0.25, 0.3) is 0 Å². The van der Waals surface area contributed by atoms with Crippen LogP contribution in [0.25, 0.3) is 0 Å². The Labute approximate surface area is 141 Å². The summed E-state index contributed by atoms with van der Waals surface area (Å²) in [6, 6.07) is 6.07. The molecule has 4 rings (SSSR count). The standard InChI is InChI=1S/C18H24N2O4/c1-19-9-14-10-20(6-2-5-18(14,11-19)17(21)22)8-13-3-4-15-16(7-13)24-12-23-15/h3-4,7,14H,2,5-6,8-12H2,1H3,(H,21,22)/t14-,18+/m1/s1. The SMILES string of the molecule is CN1C[C@@H]2CN(Cc3ccc4c(c3)OCO4)CCC[C@]2(C(=O)O)C1. The van der Waals surface area contributed by atoms with Crippen molar-refractivity contribution >= 4 is 5.97 Å². The summed E-state index contributed by atoms with van der Waals surface area (Å²) in [6.45, 7) is 4.44. The van der Waals surface area contributed by atoms with Crippen molar-refractivity contribution in [3.05, 3.63) is 23.8 Å². The number of rotatable bonds is 3. The van der Waals surface area contributed by atoms with E-state index in [1.54, 1.807) is 0 Å². The van der Waals surface area contributed by atoms with Gasteiger partial charge in [0.2, 0.25) is 6.79 Å². The highest BCUT2D eigenvalue weighted by Crippen LogP contribution is 2.42. The lowest BCUT2D eigenvalue weighted by atomic mass is 9.75. The Bertz CT molecular complexity index is 650. The van der Waals surface area contributed by atoms with Gasteiger partial charge in [-0.1, -0.05) is 6.07 Å². The van der Waals surface area contributed by atoms with Crippen molar-refractivity contribution in [1.29, 1.82) is 0 Å². The molecule has 0 amide bonds. The Morgan fingerprint density at radius 1 is 1.33 bits per heavy atom. The number of benzene rings is 1. The van der Waals surface area contributed by atoms with Crippen molar-refractivity contribution < 1.29 is 19.4 Å². The molecule has 2 atom stereocenters. The van der Waals surface area contributed by atoms with Gasteiger partial charge in [0.15, 0.2) is 11.5 Å². The fourth-order valence-corrected chi connectivity index (χ4v) is 4.55. The number of nitrogens with zero attached hydrogens (tertiary/aromatic N) is 2. The highest BCUT2D eigenvalue weighted by Gasteiger charge is 2.52. The zero-order valence-corrected chi connectivity index (χ0v) is 14.0. The van der Waals surface area contributed by atoms with Gasteiger partial charge in [-0.3, -0.25) is 9.69 Å². The first kappa shape index (κ1) is 15.7. The van der Waals surface area contributed by atoms with E-state index in [4.69, 9.17) is 9.47 Å². The third kappa shape index (κ3) is 2.63. The van der Waals surface area contributed by atoms with E-state index in [9.17, 15) is 9.90 Å². The van der Waals surface area contributed by atoms with Crippen LogP contribution in [0.3, 0.4) is 0 Å².